The van der Waals surface area contributed by atoms with Crippen molar-refractivity contribution in [1.29, 1.82) is 0 Å². The third kappa shape index (κ3) is 2.78. The molecule has 0 radical (unpaired) electrons. The maximum atomic E-state index is 12.8. The Labute approximate surface area is 154 Å². The van der Waals surface area contributed by atoms with E-state index < -0.39 is 0 Å². The Bertz CT molecular complexity index is 1070. The van der Waals surface area contributed by atoms with Crippen LogP contribution in [-0.4, -0.2) is 30.0 Å². The van der Waals surface area contributed by atoms with Crippen LogP contribution in [0, 0.1) is 6.92 Å². The van der Waals surface area contributed by atoms with Gasteiger partial charge in [0, 0.05) is 36.9 Å². The molecule has 2 aromatic heterocycles. The molecule has 0 unspecified atom stereocenters. The molecule has 1 aliphatic rings. The molecular weight excluding hydrogens is 348 g/mol. The van der Waals surface area contributed by atoms with Crippen molar-refractivity contribution in [3.63, 3.8) is 0 Å². The normalized spacial score (nSPS) is 16.9. The molecule has 1 aromatic carbocycles. The van der Waals surface area contributed by atoms with Crippen molar-refractivity contribution in [3.8, 4) is 0 Å². The fourth-order valence-corrected chi connectivity index (χ4v) is 4.51. The predicted molar refractivity (Wildman–Crippen MR) is 104 cm³/mol. The van der Waals surface area contributed by atoms with Crippen LogP contribution in [0.15, 0.2) is 29.1 Å². The summed E-state index contributed by atoms with van der Waals surface area (Å²) in [5, 5.41) is 4.75. The van der Waals surface area contributed by atoms with Crippen LogP contribution in [0.5, 0.6) is 0 Å². The van der Waals surface area contributed by atoms with E-state index in [9.17, 15) is 9.59 Å². The Morgan fingerprint density at radius 2 is 2.08 bits per heavy atom. The summed E-state index contributed by atoms with van der Waals surface area (Å²) >= 11 is 1.55. The van der Waals surface area contributed by atoms with Crippen molar-refractivity contribution in [3.05, 3.63) is 56.3 Å². The smallest absolute Gasteiger partial charge is 0.252 e. The average Bonchev–Trinajstić information content (AvgIpc) is 2.96. The van der Waals surface area contributed by atoms with Crippen LogP contribution in [0.1, 0.15) is 34.0 Å². The number of nitrogens with zero attached hydrogens (tertiary/aromatic N) is 2. The number of aromatic amines is 1. The minimum Gasteiger partial charge on any atom is -0.354 e. The standard InChI is InChI=1S/C19H20N4O2S/c1-10-5-4-6-11-7-13(18(25)22-16(10)11)12-8-15(24)20-9-14-17(12)26-19(21-14)23(2)3/h4-7,12H,8-9H2,1-3H3,(H,20,24)(H,22,25)/t12-/m0/s1. The van der Waals surface area contributed by atoms with Gasteiger partial charge in [-0.1, -0.05) is 18.2 Å². The molecular formula is C19H20N4O2S. The number of carbonyl (C=O) groups is 1. The first-order chi connectivity index (χ1) is 12.4. The summed E-state index contributed by atoms with van der Waals surface area (Å²) in [7, 11) is 3.88. The van der Waals surface area contributed by atoms with E-state index in [4.69, 9.17) is 0 Å². The highest BCUT2D eigenvalue weighted by atomic mass is 32.1. The highest BCUT2D eigenvalue weighted by Gasteiger charge is 2.30. The number of thiazole rings is 1. The van der Waals surface area contributed by atoms with E-state index in [1.807, 2.05) is 50.2 Å². The van der Waals surface area contributed by atoms with Gasteiger partial charge in [0.2, 0.25) is 5.91 Å². The van der Waals surface area contributed by atoms with Gasteiger partial charge in [0.25, 0.3) is 5.56 Å². The van der Waals surface area contributed by atoms with Crippen LogP contribution in [0.2, 0.25) is 0 Å². The summed E-state index contributed by atoms with van der Waals surface area (Å²) in [5.41, 5.74) is 3.20. The zero-order valence-corrected chi connectivity index (χ0v) is 15.7. The minimum absolute atomic E-state index is 0.0599. The number of para-hydroxylation sites is 1. The number of aryl methyl sites for hydroxylation is 1. The van der Waals surface area contributed by atoms with Crippen LogP contribution >= 0.6 is 11.3 Å². The van der Waals surface area contributed by atoms with Gasteiger partial charge < -0.3 is 15.2 Å². The fraction of sp³-hybridized carbons (Fsp3) is 0.316. The summed E-state index contributed by atoms with van der Waals surface area (Å²) < 4.78 is 0. The monoisotopic (exact) mass is 368 g/mol. The first-order valence-electron chi connectivity index (χ1n) is 8.50. The molecule has 134 valence electrons. The number of aromatic nitrogens is 2. The van der Waals surface area contributed by atoms with E-state index >= 15 is 0 Å². The Kier molecular flexibility index (Phi) is 4.03. The average molecular weight is 368 g/mol. The van der Waals surface area contributed by atoms with E-state index in [1.54, 1.807) is 11.3 Å². The second-order valence-electron chi connectivity index (χ2n) is 6.83. The molecule has 3 heterocycles. The number of fused-ring (bicyclic) bond motifs is 2. The molecule has 7 heteroatoms. The van der Waals surface area contributed by atoms with E-state index in [0.717, 1.165) is 32.2 Å². The molecule has 6 nitrogen and oxygen atoms in total. The lowest BCUT2D eigenvalue weighted by atomic mass is 9.93. The van der Waals surface area contributed by atoms with Gasteiger partial charge >= 0.3 is 0 Å². The Morgan fingerprint density at radius 1 is 1.27 bits per heavy atom. The number of anilines is 1. The van der Waals surface area contributed by atoms with E-state index in [-0.39, 0.29) is 23.8 Å². The van der Waals surface area contributed by atoms with Crippen molar-refractivity contribution in [2.75, 3.05) is 19.0 Å². The fourth-order valence-electron chi connectivity index (χ4n) is 3.38. The number of nitrogens with one attached hydrogen (secondary N) is 2. The van der Waals surface area contributed by atoms with E-state index in [2.05, 4.69) is 15.3 Å². The summed E-state index contributed by atoms with van der Waals surface area (Å²) in [6.45, 7) is 2.38. The van der Waals surface area contributed by atoms with Crippen LogP contribution in [0.25, 0.3) is 10.9 Å². The quantitative estimate of drug-likeness (QED) is 0.729. The molecule has 0 bridgehead atoms. The number of H-pyrrole nitrogens is 1. The van der Waals surface area contributed by atoms with Crippen LogP contribution in [0.4, 0.5) is 5.13 Å². The molecule has 0 spiro atoms. The van der Waals surface area contributed by atoms with Crippen LogP contribution in [0.3, 0.4) is 0 Å². The highest BCUT2D eigenvalue weighted by molar-refractivity contribution is 7.15. The molecule has 1 atom stereocenters. The van der Waals surface area contributed by atoms with Gasteiger partial charge in [-0.2, -0.15) is 0 Å². The Morgan fingerprint density at radius 3 is 2.85 bits per heavy atom. The molecule has 0 aliphatic carbocycles. The lowest BCUT2D eigenvalue weighted by Crippen LogP contribution is -2.23. The lowest BCUT2D eigenvalue weighted by molar-refractivity contribution is -0.121. The molecule has 1 aliphatic heterocycles. The topological polar surface area (TPSA) is 78.1 Å². The van der Waals surface area contributed by atoms with Gasteiger partial charge in [0.1, 0.15) is 0 Å². The molecule has 26 heavy (non-hydrogen) atoms. The van der Waals surface area contributed by atoms with Crippen molar-refractivity contribution >= 4 is 33.3 Å². The van der Waals surface area contributed by atoms with Crippen LogP contribution < -0.4 is 15.8 Å². The predicted octanol–water partition coefficient (Wildman–Crippen LogP) is 2.51. The lowest BCUT2D eigenvalue weighted by Gasteiger charge is -2.14. The Hall–Kier alpha value is -2.67. The SMILES string of the molecule is Cc1cccc2cc([C@@H]3CC(=O)NCc4nc(N(C)C)sc43)c(=O)[nH]c12. The van der Waals surface area contributed by atoms with Gasteiger partial charge in [-0.25, -0.2) is 4.98 Å². The molecule has 1 amide bonds. The first-order valence-corrected chi connectivity index (χ1v) is 9.32. The van der Waals surface area contributed by atoms with Gasteiger partial charge in [-0.3, -0.25) is 9.59 Å². The van der Waals surface area contributed by atoms with E-state index in [1.165, 1.54) is 0 Å². The molecule has 4 rings (SSSR count). The largest absolute Gasteiger partial charge is 0.354 e. The highest BCUT2D eigenvalue weighted by Crippen LogP contribution is 2.38. The Balaban J connectivity index is 1.91. The zero-order valence-electron chi connectivity index (χ0n) is 14.9. The molecule has 0 fully saturated rings. The summed E-state index contributed by atoms with van der Waals surface area (Å²) in [5.74, 6) is -0.345. The molecule has 2 N–H and O–H groups in total. The number of hydrogen-bond donors (Lipinski definition) is 2. The first kappa shape index (κ1) is 16.8. The minimum atomic E-state index is -0.285. The summed E-state index contributed by atoms with van der Waals surface area (Å²) in [4.78, 5) is 35.7. The number of benzene rings is 1. The number of amides is 1. The maximum Gasteiger partial charge on any atom is 0.252 e. The van der Waals surface area contributed by atoms with E-state index in [0.29, 0.717) is 12.1 Å². The zero-order chi connectivity index (χ0) is 18.4. The number of carbonyl (C=O) groups excluding carboxylic acids is 1. The molecule has 0 saturated carbocycles. The third-order valence-electron chi connectivity index (χ3n) is 4.75. The molecule has 3 aromatic rings. The number of hydrogen-bond acceptors (Lipinski definition) is 5. The summed E-state index contributed by atoms with van der Waals surface area (Å²) in [6.07, 6.45) is 0.252. The third-order valence-corrected chi connectivity index (χ3v) is 6.13. The maximum absolute atomic E-state index is 12.8. The van der Waals surface area contributed by atoms with Crippen molar-refractivity contribution in [2.45, 2.75) is 25.8 Å². The van der Waals surface area contributed by atoms with Crippen molar-refractivity contribution in [2.24, 2.45) is 0 Å². The summed E-state index contributed by atoms with van der Waals surface area (Å²) in [6, 6.07) is 7.85. The van der Waals surface area contributed by atoms with Gasteiger partial charge in [-0.15, -0.1) is 11.3 Å². The second kappa shape index (κ2) is 6.25. The second-order valence-corrected chi connectivity index (χ2v) is 7.84. The number of rotatable bonds is 2. The van der Waals surface area contributed by atoms with Crippen LogP contribution in [-0.2, 0) is 11.3 Å². The van der Waals surface area contributed by atoms with Crippen molar-refractivity contribution < 1.29 is 4.79 Å². The molecule has 0 saturated heterocycles. The van der Waals surface area contributed by atoms with Gasteiger partial charge in [0.05, 0.1) is 17.8 Å². The van der Waals surface area contributed by atoms with Crippen molar-refractivity contribution in [1.82, 2.24) is 15.3 Å². The van der Waals surface area contributed by atoms with Gasteiger partial charge in [0.15, 0.2) is 5.13 Å². The number of pyridine rings is 1. The van der Waals surface area contributed by atoms with Gasteiger partial charge in [-0.05, 0) is 23.9 Å².